The van der Waals surface area contributed by atoms with E-state index >= 15 is 0 Å². The van der Waals surface area contributed by atoms with Gasteiger partial charge in [0.1, 0.15) is 0 Å². The molecule has 2 aromatic carbocycles. The number of nitrogen functional groups attached to an aromatic ring is 1. The van der Waals surface area contributed by atoms with Gasteiger partial charge in [-0.1, -0.05) is 30.3 Å². The molecule has 0 bridgehead atoms. The molecular formula is C26H29N3O6. The Balaban J connectivity index is 1.63. The number of aliphatic hydroxyl groups is 1. The van der Waals surface area contributed by atoms with Crippen LogP contribution >= 0.6 is 0 Å². The number of nitrogens with one attached hydrogen (secondary N) is 1. The Bertz CT molecular complexity index is 1230. The average molecular weight is 480 g/mol. The van der Waals surface area contributed by atoms with Crippen LogP contribution in [0.25, 0.3) is 10.9 Å². The Labute approximate surface area is 203 Å². The molecule has 9 nitrogen and oxygen atoms in total. The molecule has 4 N–H and O–H groups in total. The first-order chi connectivity index (χ1) is 17.0. The third-order valence-electron chi connectivity index (χ3n) is 5.74. The fraction of sp³-hybridized carbons (Fsp3) is 0.308. The number of nitrogens with two attached hydrogens (primary N) is 1. The summed E-state index contributed by atoms with van der Waals surface area (Å²) < 4.78 is 18.6. The Hall–Kier alpha value is -3.66. The van der Waals surface area contributed by atoms with E-state index in [1.165, 1.54) is 6.92 Å². The number of aliphatic hydroxyl groups excluding tert-OH is 1. The van der Waals surface area contributed by atoms with Crippen molar-refractivity contribution in [2.45, 2.75) is 25.6 Å². The third-order valence-corrected chi connectivity index (χ3v) is 5.74. The minimum Gasteiger partial charge on any atom is -0.459 e. The van der Waals surface area contributed by atoms with E-state index in [9.17, 15) is 9.59 Å². The Kier molecular flexibility index (Phi) is 7.81. The SMILES string of the molecule is CC(=O)n1cc([C@H]2C=C(C(=O)Nc3ccccc3N)O[C@@H](OCCOCCO)C2)c2ccccc21. The number of para-hydroxylation sites is 3. The first-order valence-corrected chi connectivity index (χ1v) is 11.4. The number of carbonyl (C=O) groups excluding carboxylic acids is 2. The van der Waals surface area contributed by atoms with Gasteiger partial charge in [-0.3, -0.25) is 14.2 Å². The number of allylic oxidation sites excluding steroid dienone is 1. The summed E-state index contributed by atoms with van der Waals surface area (Å²) in [6.07, 6.45) is 3.29. The Morgan fingerprint density at radius 1 is 1.14 bits per heavy atom. The van der Waals surface area contributed by atoms with E-state index in [2.05, 4.69) is 5.32 Å². The van der Waals surface area contributed by atoms with E-state index in [0.717, 1.165) is 16.5 Å². The van der Waals surface area contributed by atoms with Crippen molar-refractivity contribution in [1.82, 2.24) is 4.57 Å². The number of benzene rings is 2. The maximum absolute atomic E-state index is 13.1. The molecule has 4 rings (SSSR count). The van der Waals surface area contributed by atoms with Gasteiger partial charge in [0.25, 0.3) is 5.91 Å². The summed E-state index contributed by atoms with van der Waals surface area (Å²) >= 11 is 0. The van der Waals surface area contributed by atoms with Crippen molar-refractivity contribution in [3.63, 3.8) is 0 Å². The van der Waals surface area contributed by atoms with Crippen molar-refractivity contribution in [2.75, 3.05) is 37.5 Å². The quantitative estimate of drug-likeness (QED) is 0.318. The van der Waals surface area contributed by atoms with Gasteiger partial charge >= 0.3 is 0 Å². The molecule has 1 amide bonds. The molecule has 3 aromatic rings. The molecular weight excluding hydrogens is 450 g/mol. The number of carbonyl (C=O) groups is 2. The Morgan fingerprint density at radius 2 is 1.91 bits per heavy atom. The van der Waals surface area contributed by atoms with Crippen LogP contribution in [0.3, 0.4) is 0 Å². The summed E-state index contributed by atoms with van der Waals surface area (Å²) in [5.41, 5.74) is 8.59. The van der Waals surface area contributed by atoms with Crippen LogP contribution in [0.4, 0.5) is 11.4 Å². The highest BCUT2D eigenvalue weighted by molar-refractivity contribution is 6.04. The van der Waals surface area contributed by atoms with Crippen LogP contribution in [-0.2, 0) is 19.0 Å². The zero-order valence-corrected chi connectivity index (χ0v) is 19.5. The molecule has 0 saturated heterocycles. The van der Waals surface area contributed by atoms with Crippen LogP contribution in [0.5, 0.6) is 0 Å². The van der Waals surface area contributed by atoms with Gasteiger partial charge in [-0.25, -0.2) is 0 Å². The molecule has 0 fully saturated rings. The topological polar surface area (TPSA) is 125 Å². The lowest BCUT2D eigenvalue weighted by molar-refractivity contribution is -0.148. The van der Waals surface area contributed by atoms with Crippen molar-refractivity contribution < 1.29 is 28.9 Å². The van der Waals surface area contributed by atoms with E-state index in [-0.39, 0.29) is 44.0 Å². The summed E-state index contributed by atoms with van der Waals surface area (Å²) in [7, 11) is 0. The number of aromatic nitrogens is 1. The van der Waals surface area contributed by atoms with E-state index in [4.69, 9.17) is 25.1 Å². The van der Waals surface area contributed by atoms with Gasteiger partial charge < -0.3 is 30.4 Å². The van der Waals surface area contributed by atoms with Crippen molar-refractivity contribution in [2.24, 2.45) is 0 Å². The lowest BCUT2D eigenvalue weighted by Gasteiger charge is -2.29. The van der Waals surface area contributed by atoms with Crippen molar-refractivity contribution >= 4 is 34.1 Å². The highest BCUT2D eigenvalue weighted by atomic mass is 16.7. The fourth-order valence-corrected chi connectivity index (χ4v) is 4.10. The fourth-order valence-electron chi connectivity index (χ4n) is 4.10. The van der Waals surface area contributed by atoms with Gasteiger partial charge in [0.05, 0.1) is 43.3 Å². The normalized spacial score (nSPS) is 17.6. The van der Waals surface area contributed by atoms with Gasteiger partial charge in [-0.05, 0) is 29.8 Å². The van der Waals surface area contributed by atoms with Crippen molar-refractivity contribution in [3.05, 3.63) is 72.1 Å². The van der Waals surface area contributed by atoms with Crippen molar-refractivity contribution in [3.8, 4) is 0 Å². The first kappa shape index (κ1) is 24.5. The van der Waals surface area contributed by atoms with Crippen LogP contribution < -0.4 is 11.1 Å². The van der Waals surface area contributed by atoms with Gasteiger partial charge in [0.15, 0.2) is 5.76 Å². The van der Waals surface area contributed by atoms with E-state index < -0.39 is 12.2 Å². The van der Waals surface area contributed by atoms with Crippen LogP contribution in [0, 0.1) is 0 Å². The number of anilines is 2. The largest absolute Gasteiger partial charge is 0.459 e. The highest BCUT2D eigenvalue weighted by Gasteiger charge is 2.31. The summed E-state index contributed by atoms with van der Waals surface area (Å²) in [4.78, 5) is 25.4. The second kappa shape index (κ2) is 11.2. The molecule has 0 unspecified atom stereocenters. The van der Waals surface area contributed by atoms with Crippen LogP contribution in [0.15, 0.2) is 66.6 Å². The lowest BCUT2D eigenvalue weighted by atomic mass is 9.92. The molecule has 9 heteroatoms. The van der Waals surface area contributed by atoms with Crippen LogP contribution in [0.1, 0.15) is 29.6 Å². The minimum absolute atomic E-state index is 0.0715. The van der Waals surface area contributed by atoms with E-state index in [1.807, 2.05) is 30.5 Å². The number of hydrogen-bond acceptors (Lipinski definition) is 7. The van der Waals surface area contributed by atoms with E-state index in [0.29, 0.717) is 17.8 Å². The summed E-state index contributed by atoms with van der Waals surface area (Å²) in [5, 5.41) is 12.6. The molecule has 0 aliphatic carbocycles. The number of fused-ring (bicyclic) bond motifs is 1. The molecule has 35 heavy (non-hydrogen) atoms. The molecule has 1 aromatic heterocycles. The minimum atomic E-state index is -0.712. The zero-order chi connectivity index (χ0) is 24.8. The monoisotopic (exact) mass is 479 g/mol. The molecule has 0 saturated carbocycles. The second-order valence-corrected chi connectivity index (χ2v) is 8.16. The summed E-state index contributed by atoms with van der Waals surface area (Å²) in [6.45, 7) is 2.16. The Morgan fingerprint density at radius 3 is 2.69 bits per heavy atom. The first-order valence-electron chi connectivity index (χ1n) is 11.4. The second-order valence-electron chi connectivity index (χ2n) is 8.16. The molecule has 0 radical (unpaired) electrons. The lowest BCUT2D eigenvalue weighted by Crippen LogP contribution is -2.30. The summed E-state index contributed by atoms with van der Waals surface area (Å²) in [5.74, 6) is -0.695. The molecule has 2 heterocycles. The average Bonchev–Trinajstić information content (AvgIpc) is 3.25. The van der Waals surface area contributed by atoms with Gasteiger partial charge in [-0.15, -0.1) is 0 Å². The number of amides is 1. The maximum Gasteiger partial charge on any atom is 0.290 e. The number of ether oxygens (including phenoxy) is 3. The zero-order valence-electron chi connectivity index (χ0n) is 19.5. The van der Waals surface area contributed by atoms with Crippen LogP contribution in [-0.4, -0.2) is 54.2 Å². The molecule has 1 aliphatic heterocycles. The number of hydrogen-bond donors (Lipinski definition) is 3. The number of rotatable bonds is 9. The predicted octanol–water partition coefficient (Wildman–Crippen LogP) is 3.26. The third kappa shape index (κ3) is 5.71. The molecule has 184 valence electrons. The maximum atomic E-state index is 13.1. The van der Waals surface area contributed by atoms with Gasteiger partial charge in [0.2, 0.25) is 12.2 Å². The van der Waals surface area contributed by atoms with Gasteiger partial charge in [0, 0.05) is 30.8 Å². The molecule has 0 spiro atoms. The highest BCUT2D eigenvalue weighted by Crippen LogP contribution is 2.36. The van der Waals surface area contributed by atoms with Gasteiger partial charge in [-0.2, -0.15) is 0 Å². The molecule has 1 aliphatic rings. The van der Waals surface area contributed by atoms with Crippen molar-refractivity contribution in [1.29, 1.82) is 0 Å². The standard InChI is InChI=1S/C26H29N3O6/c1-17(31)29-16-20(19-6-2-5-9-23(19)29)18-14-24(26(32)28-22-8-4-3-7-21(22)27)35-25(15-18)34-13-12-33-11-10-30/h2-9,14,16,18,25,30H,10-13,15,27H2,1H3,(H,28,32)/t18-,25+/m0/s1. The van der Waals surface area contributed by atoms with Crippen LogP contribution in [0.2, 0.25) is 0 Å². The molecule has 2 atom stereocenters. The van der Waals surface area contributed by atoms with E-state index in [1.54, 1.807) is 34.9 Å². The predicted molar refractivity (Wildman–Crippen MR) is 132 cm³/mol. The number of nitrogens with zero attached hydrogens (tertiary/aromatic N) is 1. The smallest absolute Gasteiger partial charge is 0.290 e. The summed E-state index contributed by atoms with van der Waals surface area (Å²) in [6, 6.07) is 14.6.